The van der Waals surface area contributed by atoms with Gasteiger partial charge in [0.25, 0.3) is 0 Å². The van der Waals surface area contributed by atoms with Crippen LogP contribution in [-0.4, -0.2) is 54.3 Å². The number of hydrogen-bond acceptors (Lipinski definition) is 3. The molecule has 1 atom stereocenters. The molecule has 0 radical (unpaired) electrons. The van der Waals surface area contributed by atoms with Crippen molar-refractivity contribution in [3.8, 4) is 0 Å². The smallest absolute Gasteiger partial charge is 0.242 e. The number of amides is 2. The molecule has 1 aliphatic heterocycles. The maximum atomic E-state index is 12.5. The minimum Gasteiger partial charge on any atom is -0.342 e. The van der Waals surface area contributed by atoms with Crippen LogP contribution in [0.15, 0.2) is 24.3 Å². The summed E-state index contributed by atoms with van der Waals surface area (Å²) < 4.78 is 0. The fourth-order valence-corrected chi connectivity index (χ4v) is 2.85. The van der Waals surface area contributed by atoms with Gasteiger partial charge in [0, 0.05) is 26.7 Å². The molecule has 1 aliphatic rings. The van der Waals surface area contributed by atoms with Crippen LogP contribution in [0.2, 0.25) is 0 Å². The van der Waals surface area contributed by atoms with Gasteiger partial charge in [-0.15, -0.1) is 0 Å². The number of nitrogens with zero attached hydrogens (tertiary/aromatic N) is 2. The quantitative estimate of drug-likeness (QED) is 0.884. The van der Waals surface area contributed by atoms with Crippen LogP contribution in [0.1, 0.15) is 25.0 Å². The summed E-state index contributed by atoms with van der Waals surface area (Å²) in [5, 5.41) is 3.27. The highest BCUT2D eigenvalue weighted by Gasteiger charge is 2.27. The van der Waals surface area contributed by atoms with Crippen molar-refractivity contribution in [2.24, 2.45) is 0 Å². The van der Waals surface area contributed by atoms with Crippen molar-refractivity contribution in [1.82, 2.24) is 15.1 Å². The van der Waals surface area contributed by atoms with Crippen molar-refractivity contribution in [3.63, 3.8) is 0 Å². The fraction of sp³-hybridized carbons (Fsp3) is 0.529. The van der Waals surface area contributed by atoms with E-state index in [1.807, 2.05) is 26.0 Å². The monoisotopic (exact) mass is 303 g/mol. The molecule has 22 heavy (non-hydrogen) atoms. The summed E-state index contributed by atoms with van der Waals surface area (Å²) in [7, 11) is 1.70. The number of carbonyl (C=O) groups excluding carboxylic acids is 2. The van der Waals surface area contributed by atoms with E-state index in [2.05, 4.69) is 17.4 Å². The third-order valence-electron chi connectivity index (χ3n) is 4.24. The Kier molecular flexibility index (Phi) is 5.55. The predicted molar refractivity (Wildman–Crippen MR) is 86.3 cm³/mol. The zero-order valence-electron chi connectivity index (χ0n) is 13.6. The second-order valence-corrected chi connectivity index (χ2v) is 5.67. The molecule has 2 amide bonds. The van der Waals surface area contributed by atoms with Gasteiger partial charge in [-0.05, 0) is 31.4 Å². The molecule has 5 heteroatoms. The van der Waals surface area contributed by atoms with Crippen molar-refractivity contribution in [2.75, 3.05) is 26.7 Å². The van der Waals surface area contributed by atoms with Crippen molar-refractivity contribution in [3.05, 3.63) is 35.4 Å². The lowest BCUT2D eigenvalue weighted by Gasteiger charge is -2.30. The molecule has 0 fully saturated rings. The molecule has 0 aromatic heterocycles. The van der Waals surface area contributed by atoms with Crippen molar-refractivity contribution in [2.45, 2.75) is 32.9 Å². The van der Waals surface area contributed by atoms with Gasteiger partial charge in [0.15, 0.2) is 0 Å². The summed E-state index contributed by atoms with van der Waals surface area (Å²) in [6.45, 7) is 6.08. The van der Waals surface area contributed by atoms with E-state index in [-0.39, 0.29) is 24.4 Å². The minimum absolute atomic E-state index is 0.00272. The van der Waals surface area contributed by atoms with Crippen LogP contribution >= 0.6 is 0 Å². The highest BCUT2D eigenvalue weighted by atomic mass is 16.2. The molecular weight excluding hydrogens is 278 g/mol. The lowest BCUT2D eigenvalue weighted by atomic mass is 9.95. The lowest BCUT2D eigenvalue weighted by molar-refractivity contribution is -0.140. The fourth-order valence-electron chi connectivity index (χ4n) is 2.85. The van der Waals surface area contributed by atoms with E-state index in [1.54, 1.807) is 11.9 Å². The van der Waals surface area contributed by atoms with E-state index >= 15 is 0 Å². The Bertz CT molecular complexity index is 540. The van der Waals surface area contributed by atoms with Gasteiger partial charge in [0.1, 0.15) is 0 Å². The number of rotatable bonds is 5. The summed E-state index contributed by atoms with van der Waals surface area (Å²) >= 11 is 0. The first-order valence-corrected chi connectivity index (χ1v) is 7.89. The van der Waals surface area contributed by atoms with E-state index < -0.39 is 0 Å². The predicted octanol–water partition coefficient (Wildman–Crippen LogP) is 1.03. The number of fused-ring (bicyclic) bond motifs is 1. The Balaban J connectivity index is 1.96. The molecule has 1 unspecified atom stereocenters. The topological polar surface area (TPSA) is 52.7 Å². The Morgan fingerprint density at radius 1 is 1.18 bits per heavy atom. The summed E-state index contributed by atoms with van der Waals surface area (Å²) in [5.41, 5.74) is 2.46. The van der Waals surface area contributed by atoms with Crippen LogP contribution in [-0.2, 0) is 22.6 Å². The number of benzene rings is 1. The molecule has 0 bridgehead atoms. The normalized spacial score (nSPS) is 16.8. The SMILES string of the molecule is CCN(CC)C(=O)CN(C)C(=O)C1Cc2ccccc2CN1. The summed E-state index contributed by atoms with van der Waals surface area (Å²) in [6, 6.07) is 7.91. The first kappa shape index (κ1) is 16.5. The molecule has 1 aromatic rings. The van der Waals surface area contributed by atoms with Gasteiger partial charge in [-0.25, -0.2) is 0 Å². The van der Waals surface area contributed by atoms with Crippen LogP contribution in [0.25, 0.3) is 0 Å². The summed E-state index contributed by atoms with van der Waals surface area (Å²) in [5.74, 6) is -0.0212. The van der Waals surface area contributed by atoms with Crippen LogP contribution < -0.4 is 5.32 Å². The zero-order valence-corrected chi connectivity index (χ0v) is 13.6. The first-order valence-electron chi connectivity index (χ1n) is 7.89. The first-order chi connectivity index (χ1) is 10.6. The van der Waals surface area contributed by atoms with E-state index in [0.29, 0.717) is 26.1 Å². The minimum atomic E-state index is -0.246. The van der Waals surface area contributed by atoms with Gasteiger partial charge >= 0.3 is 0 Å². The average Bonchev–Trinajstić information content (AvgIpc) is 2.54. The van der Waals surface area contributed by atoms with E-state index in [0.717, 1.165) is 0 Å². The standard InChI is InChI=1S/C17H25N3O2/c1-4-20(5-2)16(21)12-19(3)17(22)15-10-13-8-6-7-9-14(13)11-18-15/h6-9,15,18H,4-5,10-12H2,1-3H3. The van der Waals surface area contributed by atoms with E-state index in [4.69, 9.17) is 0 Å². The molecule has 0 aliphatic carbocycles. The largest absolute Gasteiger partial charge is 0.342 e. The molecule has 0 saturated carbocycles. The van der Waals surface area contributed by atoms with Crippen LogP contribution in [0.3, 0.4) is 0 Å². The lowest BCUT2D eigenvalue weighted by Crippen LogP contribution is -2.50. The van der Waals surface area contributed by atoms with Crippen LogP contribution in [0.5, 0.6) is 0 Å². The molecule has 0 saturated heterocycles. The molecule has 1 aromatic carbocycles. The van der Waals surface area contributed by atoms with Gasteiger partial charge < -0.3 is 15.1 Å². The number of nitrogens with one attached hydrogen (secondary N) is 1. The highest BCUT2D eigenvalue weighted by molar-refractivity contribution is 5.87. The molecule has 120 valence electrons. The van der Waals surface area contributed by atoms with Gasteiger partial charge in [0.05, 0.1) is 12.6 Å². The highest BCUT2D eigenvalue weighted by Crippen LogP contribution is 2.17. The summed E-state index contributed by atoms with van der Waals surface area (Å²) in [6.07, 6.45) is 0.679. The van der Waals surface area contributed by atoms with Crippen molar-refractivity contribution in [1.29, 1.82) is 0 Å². The Morgan fingerprint density at radius 3 is 2.45 bits per heavy atom. The molecule has 1 heterocycles. The Hall–Kier alpha value is -1.88. The van der Waals surface area contributed by atoms with Gasteiger partial charge in [-0.3, -0.25) is 9.59 Å². The number of hydrogen-bond donors (Lipinski definition) is 1. The van der Waals surface area contributed by atoms with Crippen LogP contribution in [0, 0.1) is 0 Å². The average molecular weight is 303 g/mol. The molecule has 2 rings (SSSR count). The van der Waals surface area contributed by atoms with Crippen LogP contribution in [0.4, 0.5) is 0 Å². The third kappa shape index (κ3) is 3.65. The molecule has 5 nitrogen and oxygen atoms in total. The van der Waals surface area contributed by atoms with Crippen molar-refractivity contribution < 1.29 is 9.59 Å². The summed E-state index contributed by atoms with van der Waals surface area (Å²) in [4.78, 5) is 27.9. The second kappa shape index (κ2) is 7.40. The maximum Gasteiger partial charge on any atom is 0.242 e. The second-order valence-electron chi connectivity index (χ2n) is 5.67. The number of likely N-dealkylation sites (N-methyl/N-ethyl adjacent to an activating group) is 2. The molecular formula is C17H25N3O2. The number of carbonyl (C=O) groups is 2. The Morgan fingerprint density at radius 2 is 1.82 bits per heavy atom. The maximum absolute atomic E-state index is 12.5. The van der Waals surface area contributed by atoms with E-state index in [9.17, 15) is 9.59 Å². The van der Waals surface area contributed by atoms with Crippen molar-refractivity contribution >= 4 is 11.8 Å². The molecule has 1 N–H and O–H groups in total. The zero-order chi connectivity index (χ0) is 16.1. The van der Waals surface area contributed by atoms with Gasteiger partial charge in [0.2, 0.25) is 11.8 Å². The van der Waals surface area contributed by atoms with Gasteiger partial charge in [-0.2, -0.15) is 0 Å². The third-order valence-corrected chi connectivity index (χ3v) is 4.24. The van der Waals surface area contributed by atoms with E-state index in [1.165, 1.54) is 16.0 Å². The van der Waals surface area contributed by atoms with Gasteiger partial charge in [-0.1, -0.05) is 24.3 Å². The Labute approximate surface area is 132 Å². The molecule has 0 spiro atoms.